The fourth-order valence-electron chi connectivity index (χ4n) is 4.11. The highest BCUT2D eigenvalue weighted by atomic mass is 19.4. The topological polar surface area (TPSA) is 126 Å². The molecule has 0 aliphatic rings. The Morgan fingerprint density at radius 3 is 2.16 bits per heavy atom. The molecule has 0 spiro atoms. The van der Waals surface area contributed by atoms with Gasteiger partial charge in [-0.25, -0.2) is 4.98 Å². The number of carbonyl (C=O) groups is 2. The van der Waals surface area contributed by atoms with Crippen molar-refractivity contribution in [2.24, 2.45) is 11.5 Å². The number of halogens is 6. The highest BCUT2D eigenvalue weighted by Gasteiger charge is 2.41. The molecule has 38 heavy (non-hydrogen) atoms. The van der Waals surface area contributed by atoms with Crippen molar-refractivity contribution in [2.45, 2.75) is 26.0 Å². The van der Waals surface area contributed by atoms with Crippen molar-refractivity contribution in [1.29, 1.82) is 0 Å². The molecule has 14 heteroatoms. The van der Waals surface area contributed by atoms with Crippen molar-refractivity contribution in [3.05, 3.63) is 76.7 Å². The lowest BCUT2D eigenvalue weighted by atomic mass is 9.92. The molecule has 0 unspecified atom stereocenters. The average molecular weight is 537 g/mol. The maximum atomic E-state index is 14.2. The Balaban J connectivity index is 2.03. The molecule has 0 atom stereocenters. The van der Waals surface area contributed by atoms with Crippen LogP contribution in [0, 0.1) is 6.92 Å². The van der Waals surface area contributed by atoms with Gasteiger partial charge < -0.3 is 16.2 Å². The molecule has 2 aromatic carbocycles. The number of alkyl halides is 6. The van der Waals surface area contributed by atoms with E-state index in [1.807, 2.05) is 0 Å². The summed E-state index contributed by atoms with van der Waals surface area (Å²) in [6.07, 6.45) is -10.2. The van der Waals surface area contributed by atoms with Crippen LogP contribution in [0.4, 0.5) is 26.3 Å². The number of nitrogens with zero attached hydrogens (tertiary/aromatic N) is 3. The molecule has 0 aliphatic heterocycles. The fraction of sp³-hybridized carbons (Fsp3) is 0.167. The summed E-state index contributed by atoms with van der Waals surface area (Å²) in [6.45, 7) is 0.607. The third-order valence-corrected chi connectivity index (χ3v) is 5.62. The molecule has 4 rings (SSSR count). The molecule has 8 nitrogen and oxygen atoms in total. The van der Waals surface area contributed by atoms with Gasteiger partial charge in [0.25, 0.3) is 5.91 Å². The molecule has 4 aromatic rings. The van der Waals surface area contributed by atoms with Gasteiger partial charge >= 0.3 is 12.5 Å². The van der Waals surface area contributed by atoms with Gasteiger partial charge in [0.05, 0.1) is 17.6 Å². The van der Waals surface area contributed by atoms with Crippen molar-refractivity contribution >= 4 is 22.7 Å². The lowest BCUT2D eigenvalue weighted by Crippen LogP contribution is -2.21. The SMILES string of the molecule is Cc1c(-c2c(C(N)=O)nc3ccccc3c2C(N)=O)c(C(F)(F)F)nn1Cc1ccccc1OC(F)(F)F. The molecule has 2 aromatic heterocycles. The molecule has 0 radical (unpaired) electrons. The second-order valence-corrected chi connectivity index (χ2v) is 8.08. The van der Waals surface area contributed by atoms with Gasteiger partial charge in [-0.1, -0.05) is 36.4 Å². The van der Waals surface area contributed by atoms with Crippen LogP contribution in [0.3, 0.4) is 0 Å². The van der Waals surface area contributed by atoms with E-state index in [1.54, 1.807) is 0 Å². The summed E-state index contributed by atoms with van der Waals surface area (Å²) in [5.41, 5.74) is 6.76. The molecule has 2 amide bonds. The summed E-state index contributed by atoms with van der Waals surface area (Å²) in [5, 5.41) is 3.65. The zero-order chi connectivity index (χ0) is 28.0. The van der Waals surface area contributed by atoms with Gasteiger partial charge in [0.2, 0.25) is 5.91 Å². The van der Waals surface area contributed by atoms with E-state index in [0.29, 0.717) is 0 Å². The first-order valence-corrected chi connectivity index (χ1v) is 10.7. The summed E-state index contributed by atoms with van der Waals surface area (Å²) in [6, 6.07) is 10.6. The van der Waals surface area contributed by atoms with Crippen LogP contribution in [0.2, 0.25) is 0 Å². The lowest BCUT2D eigenvalue weighted by Gasteiger charge is -2.16. The van der Waals surface area contributed by atoms with Crippen LogP contribution in [0.25, 0.3) is 22.0 Å². The molecule has 2 heterocycles. The number of rotatable bonds is 6. The van der Waals surface area contributed by atoms with Crippen LogP contribution in [0.5, 0.6) is 5.75 Å². The Morgan fingerprint density at radius 1 is 0.921 bits per heavy atom. The van der Waals surface area contributed by atoms with Crippen molar-refractivity contribution in [2.75, 3.05) is 0 Å². The number of para-hydroxylation sites is 2. The molecule has 0 fully saturated rings. The quantitative estimate of drug-likeness (QED) is 0.349. The fourth-order valence-corrected chi connectivity index (χ4v) is 4.11. The average Bonchev–Trinajstić information content (AvgIpc) is 3.14. The van der Waals surface area contributed by atoms with Crippen LogP contribution in [-0.2, 0) is 12.7 Å². The number of carbonyl (C=O) groups excluding carboxylic acids is 2. The van der Waals surface area contributed by atoms with E-state index in [4.69, 9.17) is 11.5 Å². The van der Waals surface area contributed by atoms with Gasteiger partial charge in [-0.2, -0.15) is 18.3 Å². The van der Waals surface area contributed by atoms with Crippen molar-refractivity contribution < 1.29 is 40.7 Å². The minimum atomic E-state index is -5.12. The van der Waals surface area contributed by atoms with Gasteiger partial charge in [-0.3, -0.25) is 14.3 Å². The summed E-state index contributed by atoms with van der Waals surface area (Å²) < 4.78 is 86.1. The van der Waals surface area contributed by atoms with E-state index in [9.17, 15) is 35.9 Å². The van der Waals surface area contributed by atoms with Crippen LogP contribution >= 0.6 is 0 Å². The molecule has 0 saturated carbocycles. The Hall–Kier alpha value is -4.62. The number of hydrogen-bond acceptors (Lipinski definition) is 5. The minimum Gasteiger partial charge on any atom is -0.405 e. The predicted molar refractivity (Wildman–Crippen MR) is 122 cm³/mol. The minimum absolute atomic E-state index is 0.0594. The molecule has 0 bridgehead atoms. The number of nitrogens with two attached hydrogens (primary N) is 2. The molecule has 0 aliphatic carbocycles. The van der Waals surface area contributed by atoms with Gasteiger partial charge in [-0.15, -0.1) is 13.2 Å². The zero-order valence-electron chi connectivity index (χ0n) is 19.3. The molecular formula is C24H17F6N5O3. The Bertz CT molecular complexity index is 1580. The molecular weight excluding hydrogens is 520 g/mol. The third-order valence-electron chi connectivity index (χ3n) is 5.62. The number of ether oxygens (including phenoxy) is 1. The van der Waals surface area contributed by atoms with E-state index < -0.39 is 64.7 Å². The van der Waals surface area contributed by atoms with Crippen molar-refractivity contribution in [3.63, 3.8) is 0 Å². The highest BCUT2D eigenvalue weighted by Crippen LogP contribution is 2.42. The summed E-state index contributed by atoms with van der Waals surface area (Å²) in [5.74, 6) is -3.05. The zero-order valence-corrected chi connectivity index (χ0v) is 19.3. The van der Waals surface area contributed by atoms with Gasteiger partial charge in [0.15, 0.2) is 5.69 Å². The molecule has 4 N–H and O–H groups in total. The van der Waals surface area contributed by atoms with Crippen LogP contribution in [-0.4, -0.2) is 32.9 Å². The number of amides is 2. The first kappa shape index (κ1) is 26.4. The van der Waals surface area contributed by atoms with E-state index in [-0.39, 0.29) is 22.2 Å². The van der Waals surface area contributed by atoms with E-state index >= 15 is 0 Å². The first-order chi connectivity index (χ1) is 17.7. The number of aromatic nitrogens is 3. The molecule has 0 saturated heterocycles. The number of primary amides is 2. The van der Waals surface area contributed by atoms with Crippen molar-refractivity contribution in [3.8, 4) is 16.9 Å². The maximum Gasteiger partial charge on any atom is 0.573 e. The first-order valence-electron chi connectivity index (χ1n) is 10.7. The standard InChI is InChI=1S/C24H17F6N5O3/c1-11-16(18-17(21(31)36)13-7-3-4-8-14(13)33-19(18)22(32)37)20(23(25,26)27)34-35(11)10-12-6-2-5-9-15(12)38-24(28,29)30/h2-9H,10H2,1H3,(H2,31,36)(H2,32,37). The van der Waals surface area contributed by atoms with E-state index in [1.165, 1.54) is 49.4 Å². The second kappa shape index (κ2) is 9.36. The van der Waals surface area contributed by atoms with E-state index in [0.717, 1.165) is 10.7 Å². The highest BCUT2D eigenvalue weighted by molar-refractivity contribution is 6.15. The molecule has 198 valence electrons. The smallest absolute Gasteiger partial charge is 0.405 e. The number of benzene rings is 2. The third kappa shape index (κ3) is 4.96. The summed E-state index contributed by atoms with van der Waals surface area (Å²) in [7, 11) is 0. The van der Waals surface area contributed by atoms with E-state index in [2.05, 4.69) is 14.8 Å². The van der Waals surface area contributed by atoms with Gasteiger partial charge in [0.1, 0.15) is 11.4 Å². The number of pyridine rings is 1. The van der Waals surface area contributed by atoms with Gasteiger partial charge in [0, 0.05) is 27.8 Å². The monoisotopic (exact) mass is 537 g/mol. The maximum absolute atomic E-state index is 14.2. The summed E-state index contributed by atoms with van der Waals surface area (Å²) >= 11 is 0. The Kier molecular flexibility index (Phi) is 6.51. The van der Waals surface area contributed by atoms with Gasteiger partial charge in [-0.05, 0) is 19.1 Å². The largest absolute Gasteiger partial charge is 0.573 e. The van der Waals surface area contributed by atoms with Crippen LogP contribution in [0.15, 0.2) is 48.5 Å². The van der Waals surface area contributed by atoms with Crippen LogP contribution in [0.1, 0.15) is 37.8 Å². The second-order valence-electron chi connectivity index (χ2n) is 8.08. The summed E-state index contributed by atoms with van der Waals surface area (Å²) in [4.78, 5) is 29.0. The normalized spacial score (nSPS) is 12.1. The van der Waals surface area contributed by atoms with Crippen molar-refractivity contribution in [1.82, 2.24) is 14.8 Å². The lowest BCUT2D eigenvalue weighted by molar-refractivity contribution is -0.274. The Labute approximate surface area is 209 Å². The van der Waals surface area contributed by atoms with Crippen LogP contribution < -0.4 is 16.2 Å². The number of fused-ring (bicyclic) bond motifs is 1. The number of hydrogen-bond donors (Lipinski definition) is 2. The Morgan fingerprint density at radius 2 is 1.55 bits per heavy atom. The predicted octanol–water partition coefficient (Wildman–Crippen LogP) is 4.57.